The molecule has 0 N–H and O–H groups in total. The summed E-state index contributed by atoms with van der Waals surface area (Å²) in [6.45, 7) is 4.43. The molecule has 0 spiro atoms. The number of benzene rings is 3. The zero-order valence-corrected chi connectivity index (χ0v) is 20.8. The molecule has 0 saturated heterocycles. The molecule has 0 radical (unpaired) electrons. The lowest BCUT2D eigenvalue weighted by Crippen LogP contribution is -2.35. The molecule has 9 heteroatoms. The van der Waals surface area contributed by atoms with Crippen LogP contribution in [0.5, 0.6) is 0 Å². The van der Waals surface area contributed by atoms with Crippen LogP contribution in [-0.2, 0) is 29.1 Å². The Bertz CT molecular complexity index is 1480. The second-order valence-electron chi connectivity index (χ2n) is 7.97. The van der Waals surface area contributed by atoms with Crippen LogP contribution in [0.25, 0.3) is 11.3 Å². The van der Waals surface area contributed by atoms with Crippen molar-refractivity contribution in [1.82, 2.24) is 0 Å². The Labute approximate surface area is 209 Å². The van der Waals surface area contributed by atoms with Crippen LogP contribution in [0, 0.1) is 0 Å². The number of hydrogen-bond acceptors (Lipinski definition) is 6. The first-order valence-electron chi connectivity index (χ1n) is 11.2. The molecule has 4 rings (SSSR count). The first-order valence-corrected chi connectivity index (χ1v) is 12.6. The highest BCUT2D eigenvalue weighted by Gasteiger charge is 2.39. The highest BCUT2D eigenvalue weighted by atomic mass is 32.2. The fourth-order valence-electron chi connectivity index (χ4n) is 4.14. The number of nitrogens with zero attached hydrogens (tertiary/aromatic N) is 2. The first-order chi connectivity index (χ1) is 17.2. The Morgan fingerprint density at radius 1 is 0.917 bits per heavy atom. The van der Waals surface area contributed by atoms with Crippen molar-refractivity contribution in [3.05, 3.63) is 90.0 Å². The highest BCUT2D eigenvalue weighted by molar-refractivity contribution is 7.93. The van der Waals surface area contributed by atoms with Gasteiger partial charge in [0.2, 0.25) is 11.8 Å². The van der Waals surface area contributed by atoms with Gasteiger partial charge in [0.05, 0.1) is 28.5 Å². The molecule has 1 heterocycles. The Hall–Kier alpha value is -4.24. The van der Waals surface area contributed by atoms with Gasteiger partial charge >= 0.3 is 0 Å². The molecular weight excluding hydrogens is 480 g/mol. The van der Waals surface area contributed by atoms with Crippen molar-refractivity contribution < 1.29 is 27.5 Å². The molecule has 0 fully saturated rings. The van der Waals surface area contributed by atoms with Crippen molar-refractivity contribution in [2.45, 2.75) is 25.7 Å². The minimum absolute atomic E-state index is 0.0321. The smallest absolute Gasteiger partial charge is 0.270 e. The van der Waals surface area contributed by atoms with Gasteiger partial charge in [-0.15, -0.1) is 0 Å². The molecule has 0 saturated carbocycles. The first kappa shape index (κ1) is 24.9. The summed E-state index contributed by atoms with van der Waals surface area (Å²) in [7, 11) is -4.24. The number of hydrogen-bond donors (Lipinski definition) is 0. The van der Waals surface area contributed by atoms with Gasteiger partial charge in [-0.1, -0.05) is 48.5 Å². The van der Waals surface area contributed by atoms with Crippen LogP contribution in [0.15, 0.2) is 83.8 Å². The number of carbonyl (C=O) groups is 3. The third kappa shape index (κ3) is 4.29. The SMILES string of the molecule is CCO/C(=C1/C(=O)N(C(C)=O)c2ccc(N(C(C)=O)S(=O)(=O)c3ccccc3)cc21)c1ccccc1. The lowest BCUT2D eigenvalue weighted by atomic mass is 10.0. The van der Waals surface area contributed by atoms with Gasteiger partial charge < -0.3 is 4.74 Å². The van der Waals surface area contributed by atoms with Crippen molar-refractivity contribution in [3.63, 3.8) is 0 Å². The van der Waals surface area contributed by atoms with Crippen molar-refractivity contribution in [3.8, 4) is 0 Å². The molecule has 3 amide bonds. The second-order valence-corrected chi connectivity index (χ2v) is 9.75. The Kier molecular flexibility index (Phi) is 6.76. The van der Waals surface area contributed by atoms with Gasteiger partial charge in [0.15, 0.2) is 0 Å². The largest absolute Gasteiger partial charge is 0.492 e. The molecule has 3 aromatic rings. The predicted octanol–water partition coefficient (Wildman–Crippen LogP) is 4.23. The zero-order valence-electron chi connectivity index (χ0n) is 20.0. The predicted molar refractivity (Wildman–Crippen MR) is 136 cm³/mol. The average molecular weight is 505 g/mol. The van der Waals surface area contributed by atoms with Gasteiger partial charge in [0.1, 0.15) is 5.76 Å². The molecule has 1 aliphatic rings. The van der Waals surface area contributed by atoms with E-state index in [0.29, 0.717) is 9.87 Å². The van der Waals surface area contributed by atoms with Crippen molar-refractivity contribution in [2.75, 3.05) is 15.8 Å². The Balaban J connectivity index is 1.98. The summed E-state index contributed by atoms with van der Waals surface area (Å²) in [5, 5.41) is 0. The second kappa shape index (κ2) is 9.79. The van der Waals surface area contributed by atoms with Gasteiger partial charge in [-0.25, -0.2) is 17.6 Å². The van der Waals surface area contributed by atoms with Crippen LogP contribution in [0.2, 0.25) is 0 Å². The maximum atomic E-state index is 13.5. The van der Waals surface area contributed by atoms with E-state index in [0.717, 1.165) is 11.8 Å². The van der Waals surface area contributed by atoms with E-state index >= 15 is 0 Å². The zero-order chi connectivity index (χ0) is 26.0. The van der Waals surface area contributed by atoms with Crippen LogP contribution in [0.1, 0.15) is 31.9 Å². The van der Waals surface area contributed by atoms with Gasteiger partial charge in [-0.05, 0) is 37.3 Å². The van der Waals surface area contributed by atoms with E-state index in [9.17, 15) is 22.8 Å². The Morgan fingerprint density at radius 3 is 2.08 bits per heavy atom. The van der Waals surface area contributed by atoms with E-state index in [-0.39, 0.29) is 39.8 Å². The lowest BCUT2D eigenvalue weighted by Gasteiger charge is -2.22. The summed E-state index contributed by atoms with van der Waals surface area (Å²) in [4.78, 5) is 39.5. The number of ether oxygens (including phenoxy) is 1. The maximum Gasteiger partial charge on any atom is 0.270 e. The number of rotatable bonds is 6. The normalized spacial score (nSPS) is 14.3. The van der Waals surface area contributed by atoms with Crippen LogP contribution < -0.4 is 9.21 Å². The summed E-state index contributed by atoms with van der Waals surface area (Å²) >= 11 is 0. The molecule has 1 aliphatic heterocycles. The average Bonchev–Trinajstić information content (AvgIpc) is 3.14. The summed E-state index contributed by atoms with van der Waals surface area (Å²) in [6, 6.07) is 20.8. The van der Waals surface area contributed by atoms with E-state index in [1.165, 1.54) is 37.3 Å². The minimum atomic E-state index is -4.24. The van der Waals surface area contributed by atoms with Crippen molar-refractivity contribution in [2.24, 2.45) is 0 Å². The lowest BCUT2D eigenvalue weighted by molar-refractivity contribution is -0.122. The molecular formula is C27H24N2O6S. The fraction of sp³-hybridized carbons (Fsp3) is 0.148. The van der Waals surface area contributed by atoms with E-state index in [2.05, 4.69) is 0 Å². The van der Waals surface area contributed by atoms with Crippen molar-refractivity contribution in [1.29, 1.82) is 0 Å². The van der Waals surface area contributed by atoms with Crippen LogP contribution in [0.3, 0.4) is 0 Å². The van der Waals surface area contributed by atoms with Gasteiger partial charge in [0.25, 0.3) is 15.9 Å². The van der Waals surface area contributed by atoms with Gasteiger partial charge in [0, 0.05) is 25.0 Å². The number of fused-ring (bicyclic) bond motifs is 1. The fourth-order valence-corrected chi connectivity index (χ4v) is 5.58. The van der Waals surface area contributed by atoms with Gasteiger partial charge in [-0.2, -0.15) is 0 Å². The van der Waals surface area contributed by atoms with Crippen LogP contribution in [-0.4, -0.2) is 32.7 Å². The number of anilines is 2. The highest BCUT2D eigenvalue weighted by Crippen LogP contribution is 2.43. The molecule has 3 aromatic carbocycles. The summed E-state index contributed by atoms with van der Waals surface area (Å²) in [5.74, 6) is -1.58. The van der Waals surface area contributed by atoms with Gasteiger partial charge in [-0.3, -0.25) is 14.4 Å². The number of imide groups is 1. The van der Waals surface area contributed by atoms with Crippen molar-refractivity contribution >= 4 is 50.5 Å². The molecule has 36 heavy (non-hydrogen) atoms. The molecule has 0 bridgehead atoms. The summed E-state index contributed by atoms with van der Waals surface area (Å²) < 4.78 is 33.3. The number of carbonyl (C=O) groups excluding carboxylic acids is 3. The molecule has 0 aliphatic carbocycles. The summed E-state index contributed by atoms with van der Waals surface area (Å²) in [5.41, 5.74) is 1.32. The number of amides is 3. The minimum Gasteiger partial charge on any atom is -0.492 e. The third-order valence-corrected chi connectivity index (χ3v) is 7.39. The Morgan fingerprint density at radius 2 is 1.53 bits per heavy atom. The molecule has 0 atom stereocenters. The van der Waals surface area contributed by atoms with E-state index in [1.807, 2.05) is 6.07 Å². The quantitative estimate of drug-likeness (QED) is 0.368. The standard InChI is InChI=1S/C27H24N2O6S/c1-4-35-26(20-11-7-5-8-12-20)25-23-17-21(15-16-24(23)28(18(2)30)27(25)32)29(19(3)31)36(33,34)22-13-9-6-10-14-22/h5-17H,4H2,1-3H3/b26-25+. The van der Waals surface area contributed by atoms with E-state index in [1.54, 1.807) is 49.4 Å². The summed E-state index contributed by atoms with van der Waals surface area (Å²) in [6.07, 6.45) is 0. The third-order valence-electron chi connectivity index (χ3n) is 5.58. The number of sulfonamides is 1. The monoisotopic (exact) mass is 504 g/mol. The van der Waals surface area contributed by atoms with E-state index in [4.69, 9.17) is 4.74 Å². The van der Waals surface area contributed by atoms with E-state index < -0.39 is 27.7 Å². The topological polar surface area (TPSA) is 101 Å². The van der Waals surface area contributed by atoms with Crippen LogP contribution in [0.4, 0.5) is 11.4 Å². The molecule has 0 aromatic heterocycles. The van der Waals surface area contributed by atoms with Crippen LogP contribution >= 0.6 is 0 Å². The molecule has 184 valence electrons. The molecule has 0 unspecified atom stereocenters. The molecule has 8 nitrogen and oxygen atoms in total. The maximum absolute atomic E-state index is 13.5.